The summed E-state index contributed by atoms with van der Waals surface area (Å²) in [6, 6.07) is 8.01. The molecule has 1 N–H and O–H groups in total. The van der Waals surface area contributed by atoms with E-state index in [1.54, 1.807) is 24.3 Å². The van der Waals surface area contributed by atoms with E-state index in [1.165, 1.54) is 12.3 Å². The summed E-state index contributed by atoms with van der Waals surface area (Å²) in [5.41, 5.74) is 2.91. The molecule has 6 nitrogen and oxygen atoms in total. The maximum absolute atomic E-state index is 11.8. The molecule has 130 valence electrons. The molecule has 9 heteroatoms. The molecule has 2 aromatic carbocycles. The third-order valence-corrected chi connectivity index (χ3v) is 4.00. The molecule has 1 aliphatic heterocycles. The number of hydrogen-bond acceptors (Lipinski definition) is 5. The minimum atomic E-state index is -0.459. The summed E-state index contributed by atoms with van der Waals surface area (Å²) in [5.74, 6) is 1.03. The topological polar surface area (TPSA) is 69.2 Å². The molecule has 0 fully saturated rings. The molecule has 0 saturated carbocycles. The average Bonchev–Trinajstić information content (AvgIpc) is 3.01. The van der Waals surface area contributed by atoms with Gasteiger partial charge >= 0.3 is 0 Å². The molecule has 1 aliphatic rings. The molecule has 0 unspecified atom stereocenters. The predicted molar refractivity (Wildman–Crippen MR) is 95.3 cm³/mol. The van der Waals surface area contributed by atoms with Crippen LogP contribution in [0.25, 0.3) is 0 Å². The lowest BCUT2D eigenvalue weighted by molar-refractivity contribution is -0.123. The Hall–Kier alpha value is -2.15. The summed E-state index contributed by atoms with van der Waals surface area (Å²) in [6.07, 6.45) is 1.40. The number of rotatable bonds is 5. The van der Waals surface area contributed by atoms with Crippen LogP contribution in [0.15, 0.2) is 35.4 Å². The second-order valence-electron chi connectivity index (χ2n) is 4.88. The zero-order valence-electron chi connectivity index (χ0n) is 12.6. The largest absolute Gasteiger partial charge is 0.482 e. The van der Waals surface area contributed by atoms with Crippen molar-refractivity contribution in [2.24, 2.45) is 5.10 Å². The Morgan fingerprint density at radius 1 is 1.16 bits per heavy atom. The molecule has 1 amide bonds. The van der Waals surface area contributed by atoms with Crippen LogP contribution in [0.5, 0.6) is 17.2 Å². The number of carbonyl (C=O) groups is 1. The van der Waals surface area contributed by atoms with Gasteiger partial charge in [-0.2, -0.15) is 5.10 Å². The second kappa shape index (κ2) is 7.82. The summed E-state index contributed by atoms with van der Waals surface area (Å²) in [5, 5.41) is 5.05. The Labute approximate surface area is 158 Å². The van der Waals surface area contributed by atoms with Crippen LogP contribution in [0, 0.1) is 0 Å². The van der Waals surface area contributed by atoms with Crippen molar-refractivity contribution in [3.05, 3.63) is 51.0 Å². The van der Waals surface area contributed by atoms with E-state index >= 15 is 0 Å². The maximum Gasteiger partial charge on any atom is 0.277 e. The van der Waals surface area contributed by atoms with Crippen LogP contribution in [0.4, 0.5) is 0 Å². The average molecular weight is 402 g/mol. The van der Waals surface area contributed by atoms with Crippen molar-refractivity contribution in [1.29, 1.82) is 0 Å². The van der Waals surface area contributed by atoms with E-state index in [0.29, 0.717) is 37.9 Å². The van der Waals surface area contributed by atoms with E-state index < -0.39 is 5.91 Å². The van der Waals surface area contributed by atoms with Gasteiger partial charge in [-0.1, -0.05) is 34.8 Å². The number of nitrogens with one attached hydrogen (secondary N) is 1. The molecule has 0 atom stereocenters. The summed E-state index contributed by atoms with van der Waals surface area (Å²) in [7, 11) is 0. The molecule has 0 spiro atoms. The zero-order chi connectivity index (χ0) is 17.8. The van der Waals surface area contributed by atoms with Gasteiger partial charge < -0.3 is 14.2 Å². The number of ether oxygens (including phenoxy) is 3. The number of hydrogen-bond donors (Lipinski definition) is 1. The number of amides is 1. The van der Waals surface area contributed by atoms with Crippen molar-refractivity contribution in [3.8, 4) is 17.2 Å². The molecule has 0 radical (unpaired) electrons. The number of hydrazone groups is 1. The Bertz CT molecular complexity index is 842. The van der Waals surface area contributed by atoms with Gasteiger partial charge in [0.15, 0.2) is 18.1 Å². The third kappa shape index (κ3) is 4.48. The molecular weight excluding hydrogens is 391 g/mol. The van der Waals surface area contributed by atoms with E-state index in [0.717, 1.165) is 0 Å². The van der Waals surface area contributed by atoms with Gasteiger partial charge in [0.05, 0.1) is 16.3 Å². The first kappa shape index (κ1) is 17.7. The Kier molecular flexibility index (Phi) is 5.53. The van der Waals surface area contributed by atoms with E-state index in [2.05, 4.69) is 10.5 Å². The highest BCUT2D eigenvalue weighted by molar-refractivity contribution is 6.35. The molecular formula is C16H11Cl3N2O4. The van der Waals surface area contributed by atoms with Crippen molar-refractivity contribution in [2.45, 2.75) is 0 Å². The molecule has 1 heterocycles. The van der Waals surface area contributed by atoms with Crippen LogP contribution >= 0.6 is 34.8 Å². The lowest BCUT2D eigenvalue weighted by atomic mass is 10.2. The summed E-state index contributed by atoms with van der Waals surface area (Å²) < 4.78 is 15.8. The number of fused-ring (bicyclic) bond motifs is 1. The predicted octanol–water partition coefficient (Wildman–Crippen LogP) is 3.90. The van der Waals surface area contributed by atoms with E-state index in [4.69, 9.17) is 49.0 Å². The molecule has 0 aliphatic carbocycles. The van der Waals surface area contributed by atoms with Gasteiger partial charge in [0, 0.05) is 16.7 Å². The van der Waals surface area contributed by atoms with E-state index in [9.17, 15) is 4.79 Å². The first-order chi connectivity index (χ1) is 12.0. The summed E-state index contributed by atoms with van der Waals surface area (Å²) in [6.45, 7) is -0.110. The van der Waals surface area contributed by atoms with E-state index in [1.807, 2.05) is 0 Å². The first-order valence-electron chi connectivity index (χ1n) is 7.02. The quantitative estimate of drug-likeness (QED) is 0.609. The fraction of sp³-hybridized carbons (Fsp3) is 0.125. The second-order valence-corrected chi connectivity index (χ2v) is 6.13. The SMILES string of the molecule is O=C(COc1ccc(Cl)cc1Cl)N/N=C\c1cc2c(cc1Cl)OCO2. The number of halogens is 3. The van der Waals surface area contributed by atoms with Crippen LogP contribution < -0.4 is 19.6 Å². The molecule has 25 heavy (non-hydrogen) atoms. The molecule has 0 bridgehead atoms. The van der Waals surface area contributed by atoms with Gasteiger partial charge in [0.2, 0.25) is 6.79 Å². The highest BCUT2D eigenvalue weighted by Crippen LogP contribution is 2.36. The van der Waals surface area contributed by atoms with Crippen molar-refractivity contribution < 1.29 is 19.0 Å². The minimum absolute atomic E-state index is 0.146. The first-order valence-corrected chi connectivity index (χ1v) is 8.15. The standard InChI is InChI=1S/C16H11Cl3N2O4/c17-10-1-2-13(12(19)4-10)23-7-16(22)21-20-6-9-3-14-15(5-11(9)18)25-8-24-14/h1-6H,7-8H2,(H,21,22)/b20-6-. The van der Waals surface area contributed by atoms with E-state index in [-0.39, 0.29) is 13.4 Å². The lowest BCUT2D eigenvalue weighted by Gasteiger charge is -2.07. The van der Waals surface area contributed by atoms with Gasteiger partial charge in [-0.25, -0.2) is 5.43 Å². The maximum atomic E-state index is 11.8. The van der Waals surface area contributed by atoms with Gasteiger partial charge in [-0.05, 0) is 24.3 Å². The van der Waals surface area contributed by atoms with Crippen molar-refractivity contribution in [1.82, 2.24) is 5.43 Å². The van der Waals surface area contributed by atoms with Gasteiger partial charge in [-0.15, -0.1) is 0 Å². The Morgan fingerprint density at radius 3 is 2.68 bits per heavy atom. The van der Waals surface area contributed by atoms with Crippen LogP contribution in [-0.2, 0) is 4.79 Å². The van der Waals surface area contributed by atoms with Crippen molar-refractivity contribution in [3.63, 3.8) is 0 Å². The smallest absolute Gasteiger partial charge is 0.277 e. The zero-order valence-corrected chi connectivity index (χ0v) is 14.9. The fourth-order valence-electron chi connectivity index (χ4n) is 1.97. The Balaban J connectivity index is 1.54. The van der Waals surface area contributed by atoms with Crippen LogP contribution in [0.3, 0.4) is 0 Å². The number of nitrogens with zero attached hydrogens (tertiary/aromatic N) is 1. The highest BCUT2D eigenvalue weighted by atomic mass is 35.5. The van der Waals surface area contributed by atoms with Gasteiger partial charge in [0.1, 0.15) is 5.75 Å². The molecule has 0 saturated heterocycles. The highest BCUT2D eigenvalue weighted by Gasteiger charge is 2.15. The molecule has 0 aromatic heterocycles. The Morgan fingerprint density at radius 2 is 1.92 bits per heavy atom. The van der Waals surface area contributed by atoms with Crippen molar-refractivity contribution >= 4 is 46.9 Å². The number of carbonyl (C=O) groups excluding carboxylic acids is 1. The van der Waals surface area contributed by atoms with Gasteiger partial charge in [0.25, 0.3) is 5.91 Å². The fourth-order valence-corrected chi connectivity index (χ4v) is 2.64. The van der Waals surface area contributed by atoms with Crippen LogP contribution in [0.1, 0.15) is 5.56 Å². The summed E-state index contributed by atoms with van der Waals surface area (Å²) in [4.78, 5) is 11.8. The number of benzene rings is 2. The lowest BCUT2D eigenvalue weighted by Crippen LogP contribution is -2.24. The molecule has 3 rings (SSSR count). The summed E-state index contributed by atoms with van der Waals surface area (Å²) >= 11 is 17.8. The van der Waals surface area contributed by atoms with Crippen LogP contribution in [0.2, 0.25) is 15.1 Å². The molecule has 2 aromatic rings. The monoisotopic (exact) mass is 400 g/mol. The van der Waals surface area contributed by atoms with Gasteiger partial charge in [-0.3, -0.25) is 4.79 Å². The minimum Gasteiger partial charge on any atom is -0.482 e. The van der Waals surface area contributed by atoms with Crippen molar-refractivity contribution in [2.75, 3.05) is 13.4 Å². The normalized spacial score (nSPS) is 12.4. The third-order valence-electron chi connectivity index (χ3n) is 3.14. The van der Waals surface area contributed by atoms with Crippen LogP contribution in [-0.4, -0.2) is 25.5 Å².